The van der Waals surface area contributed by atoms with Gasteiger partial charge in [-0.2, -0.15) is 0 Å². The molecule has 4 N–H and O–H groups in total. The van der Waals surface area contributed by atoms with Crippen LogP contribution in [-0.4, -0.2) is 80.1 Å². The van der Waals surface area contributed by atoms with Gasteiger partial charge >= 0.3 is 5.69 Å². The second kappa shape index (κ2) is 8.62. The normalized spacial score (nSPS) is 15.1. The van der Waals surface area contributed by atoms with E-state index in [1.165, 1.54) is 11.8 Å². The SMILES string of the molecule is O=C(c1cc(Sc2nc3cc(Cl)ccc3[nH]2)c2[nH]c(=O)[nH]c2c1)N1CCN(CCO)CC1. The maximum atomic E-state index is 13.2. The number of aliphatic hydroxyl groups is 1. The molecule has 11 heteroatoms. The molecule has 0 unspecified atom stereocenters. The standard InChI is InChI=1S/C21H21ClN6O3S/c22-13-1-2-14-15(11-13)25-21(24-14)32-17-10-12(9-16-18(17)26-20(31)23-16)19(30)28-5-3-27(4-6-28)7-8-29/h1-2,9-11,29H,3-8H2,(H,24,25)(H2,23,26,31). The molecule has 0 saturated carbocycles. The van der Waals surface area contributed by atoms with Crippen molar-refractivity contribution >= 4 is 51.3 Å². The van der Waals surface area contributed by atoms with E-state index in [1.807, 2.05) is 6.07 Å². The van der Waals surface area contributed by atoms with Gasteiger partial charge in [-0.05, 0) is 42.1 Å². The molecule has 3 heterocycles. The lowest BCUT2D eigenvalue weighted by Gasteiger charge is -2.34. The fraction of sp³-hybridized carbons (Fsp3) is 0.286. The number of imidazole rings is 2. The van der Waals surface area contributed by atoms with Crippen LogP contribution in [0.25, 0.3) is 22.1 Å². The largest absolute Gasteiger partial charge is 0.395 e. The molecule has 1 saturated heterocycles. The van der Waals surface area contributed by atoms with Crippen molar-refractivity contribution in [3.63, 3.8) is 0 Å². The van der Waals surface area contributed by atoms with Gasteiger partial charge in [0.05, 0.1) is 28.7 Å². The summed E-state index contributed by atoms with van der Waals surface area (Å²) in [4.78, 5) is 43.2. The molecule has 5 rings (SSSR count). The second-order valence-corrected chi connectivity index (χ2v) is 9.11. The number of hydrogen-bond acceptors (Lipinski definition) is 6. The van der Waals surface area contributed by atoms with Gasteiger partial charge < -0.3 is 25.0 Å². The van der Waals surface area contributed by atoms with Crippen molar-refractivity contribution in [1.82, 2.24) is 29.7 Å². The number of β-amino-alcohol motifs (C(OH)–C–C–N with tert-alkyl or cyclic N) is 1. The monoisotopic (exact) mass is 472 g/mol. The minimum atomic E-state index is -0.333. The second-order valence-electron chi connectivity index (χ2n) is 7.64. The number of aromatic nitrogens is 4. The van der Waals surface area contributed by atoms with Gasteiger partial charge in [0.2, 0.25) is 0 Å². The smallest absolute Gasteiger partial charge is 0.323 e. The third-order valence-electron chi connectivity index (χ3n) is 5.54. The number of benzene rings is 2. The maximum absolute atomic E-state index is 13.2. The lowest BCUT2D eigenvalue weighted by molar-refractivity contribution is 0.0615. The Labute approximate surface area is 191 Å². The lowest BCUT2D eigenvalue weighted by Crippen LogP contribution is -2.49. The molecule has 166 valence electrons. The van der Waals surface area contributed by atoms with E-state index in [0.717, 1.165) is 24.1 Å². The molecule has 2 aromatic heterocycles. The molecule has 1 aliphatic rings. The molecule has 9 nitrogen and oxygen atoms in total. The van der Waals surface area contributed by atoms with Crippen molar-refractivity contribution in [3.05, 3.63) is 51.4 Å². The Kier molecular flexibility index (Phi) is 5.68. The van der Waals surface area contributed by atoms with E-state index in [9.17, 15) is 9.59 Å². The van der Waals surface area contributed by atoms with Gasteiger partial charge in [0, 0.05) is 48.2 Å². The number of fused-ring (bicyclic) bond motifs is 2. The number of nitrogens with zero attached hydrogens (tertiary/aromatic N) is 3. The Morgan fingerprint density at radius 2 is 1.91 bits per heavy atom. The molecule has 4 aromatic rings. The summed E-state index contributed by atoms with van der Waals surface area (Å²) in [6.07, 6.45) is 0. The zero-order valence-corrected chi connectivity index (χ0v) is 18.6. The number of halogens is 1. The Bertz CT molecular complexity index is 1350. The number of aromatic amines is 3. The summed E-state index contributed by atoms with van der Waals surface area (Å²) in [5.74, 6) is -0.0872. The first-order chi connectivity index (χ1) is 15.5. The molecular weight excluding hydrogens is 452 g/mol. The Hall–Kier alpha value is -2.79. The van der Waals surface area contributed by atoms with Crippen molar-refractivity contribution < 1.29 is 9.90 Å². The Balaban J connectivity index is 1.46. The number of carbonyl (C=O) groups is 1. The summed E-state index contributed by atoms with van der Waals surface area (Å²) in [7, 11) is 0. The number of aliphatic hydroxyl groups excluding tert-OH is 1. The van der Waals surface area contributed by atoms with Crippen LogP contribution in [0.1, 0.15) is 10.4 Å². The fourth-order valence-electron chi connectivity index (χ4n) is 3.92. The third kappa shape index (κ3) is 4.14. The average molecular weight is 473 g/mol. The number of amides is 1. The summed E-state index contributed by atoms with van der Waals surface area (Å²) in [5, 5.41) is 10.3. The van der Waals surface area contributed by atoms with E-state index in [-0.39, 0.29) is 18.2 Å². The number of carbonyl (C=O) groups excluding carboxylic acids is 1. The van der Waals surface area contributed by atoms with E-state index in [0.29, 0.717) is 51.3 Å². The molecule has 0 bridgehead atoms. The molecule has 2 aromatic carbocycles. The van der Waals surface area contributed by atoms with Crippen LogP contribution in [-0.2, 0) is 0 Å². The average Bonchev–Trinajstić information content (AvgIpc) is 3.35. The highest BCUT2D eigenvalue weighted by atomic mass is 35.5. The topological polar surface area (TPSA) is 121 Å². The minimum absolute atomic E-state index is 0.0872. The van der Waals surface area contributed by atoms with Crippen LogP contribution in [0.3, 0.4) is 0 Å². The van der Waals surface area contributed by atoms with E-state index in [4.69, 9.17) is 16.7 Å². The molecule has 1 amide bonds. The van der Waals surface area contributed by atoms with Crippen molar-refractivity contribution in [2.45, 2.75) is 10.1 Å². The minimum Gasteiger partial charge on any atom is -0.395 e. The zero-order valence-electron chi connectivity index (χ0n) is 17.0. The highest BCUT2D eigenvalue weighted by Gasteiger charge is 2.23. The van der Waals surface area contributed by atoms with Crippen LogP contribution >= 0.6 is 23.4 Å². The molecular formula is C21H21ClN6O3S. The van der Waals surface area contributed by atoms with E-state index >= 15 is 0 Å². The zero-order chi connectivity index (χ0) is 22.2. The van der Waals surface area contributed by atoms with Crippen molar-refractivity contribution in [2.75, 3.05) is 39.3 Å². The molecule has 0 aliphatic carbocycles. The highest BCUT2D eigenvalue weighted by Crippen LogP contribution is 2.33. The maximum Gasteiger partial charge on any atom is 0.323 e. The summed E-state index contributed by atoms with van der Waals surface area (Å²) < 4.78 is 0. The first kappa shape index (κ1) is 21.1. The van der Waals surface area contributed by atoms with E-state index < -0.39 is 0 Å². The van der Waals surface area contributed by atoms with Gasteiger partial charge in [0.15, 0.2) is 5.16 Å². The van der Waals surface area contributed by atoms with Crippen LogP contribution in [0.15, 0.2) is 45.2 Å². The third-order valence-corrected chi connectivity index (χ3v) is 6.71. The predicted molar refractivity (Wildman–Crippen MR) is 124 cm³/mol. The van der Waals surface area contributed by atoms with Crippen molar-refractivity contribution in [2.24, 2.45) is 0 Å². The molecule has 0 atom stereocenters. The van der Waals surface area contributed by atoms with E-state index in [2.05, 4.69) is 24.8 Å². The highest BCUT2D eigenvalue weighted by molar-refractivity contribution is 7.99. The van der Waals surface area contributed by atoms with Gasteiger partial charge in [-0.3, -0.25) is 9.69 Å². The lowest BCUT2D eigenvalue weighted by atomic mass is 10.1. The van der Waals surface area contributed by atoms with Crippen molar-refractivity contribution in [3.8, 4) is 0 Å². The molecule has 0 spiro atoms. The summed E-state index contributed by atoms with van der Waals surface area (Å²) in [5.41, 5.74) is 2.96. The first-order valence-corrected chi connectivity index (χ1v) is 11.4. The summed E-state index contributed by atoms with van der Waals surface area (Å²) in [6, 6.07) is 8.93. The van der Waals surface area contributed by atoms with Crippen LogP contribution in [0.4, 0.5) is 0 Å². The van der Waals surface area contributed by atoms with Gasteiger partial charge in [0.25, 0.3) is 5.91 Å². The summed E-state index contributed by atoms with van der Waals surface area (Å²) in [6.45, 7) is 3.35. The predicted octanol–water partition coefficient (Wildman–Crippen LogP) is 2.29. The van der Waals surface area contributed by atoms with Crippen LogP contribution < -0.4 is 5.69 Å². The molecule has 1 fully saturated rings. The quantitative estimate of drug-likeness (QED) is 0.353. The van der Waals surface area contributed by atoms with Gasteiger partial charge in [-0.25, -0.2) is 9.78 Å². The molecule has 32 heavy (non-hydrogen) atoms. The van der Waals surface area contributed by atoms with Crippen molar-refractivity contribution in [1.29, 1.82) is 0 Å². The molecule has 0 radical (unpaired) electrons. The Morgan fingerprint density at radius 3 is 2.69 bits per heavy atom. The van der Waals surface area contributed by atoms with Crippen LogP contribution in [0.5, 0.6) is 0 Å². The number of piperazine rings is 1. The van der Waals surface area contributed by atoms with Crippen LogP contribution in [0.2, 0.25) is 5.02 Å². The van der Waals surface area contributed by atoms with Crippen LogP contribution in [0, 0.1) is 0 Å². The van der Waals surface area contributed by atoms with E-state index in [1.54, 1.807) is 29.2 Å². The molecule has 1 aliphatic heterocycles. The first-order valence-electron chi connectivity index (χ1n) is 10.2. The number of rotatable bonds is 5. The van der Waals surface area contributed by atoms with Gasteiger partial charge in [-0.1, -0.05) is 11.6 Å². The van der Waals surface area contributed by atoms with Gasteiger partial charge in [0.1, 0.15) is 0 Å². The number of nitrogens with one attached hydrogen (secondary N) is 3. The Morgan fingerprint density at radius 1 is 1.09 bits per heavy atom. The summed E-state index contributed by atoms with van der Waals surface area (Å²) >= 11 is 7.40. The fourth-order valence-corrected chi connectivity index (χ4v) is 5.05. The van der Waals surface area contributed by atoms with Gasteiger partial charge in [-0.15, -0.1) is 0 Å². The number of hydrogen-bond donors (Lipinski definition) is 4. The number of H-pyrrole nitrogens is 3.